The third-order valence-corrected chi connectivity index (χ3v) is 2.73. The van der Waals surface area contributed by atoms with Crippen LogP contribution in [-0.2, 0) is 11.8 Å². The quantitative estimate of drug-likeness (QED) is 0.865. The number of hydrogen-bond acceptors (Lipinski definition) is 2. The van der Waals surface area contributed by atoms with Crippen molar-refractivity contribution < 1.29 is 26.7 Å². The van der Waals surface area contributed by atoms with Crippen LogP contribution in [0.5, 0.6) is 0 Å². The molecular formula is C10H12F5N3O. The molecule has 0 aromatic carbocycles. The maximum Gasteiger partial charge on any atom is 0.463 e. The van der Waals surface area contributed by atoms with Crippen LogP contribution in [0.15, 0.2) is 6.20 Å². The summed E-state index contributed by atoms with van der Waals surface area (Å²) in [6, 6.07) is -1.01. The summed E-state index contributed by atoms with van der Waals surface area (Å²) in [5, 5.41) is 5.45. The second kappa shape index (κ2) is 4.78. The minimum absolute atomic E-state index is 0.369. The molecule has 0 bridgehead atoms. The maximum atomic E-state index is 12.7. The van der Waals surface area contributed by atoms with Crippen LogP contribution in [0.1, 0.15) is 24.2 Å². The van der Waals surface area contributed by atoms with Gasteiger partial charge in [0.2, 0.25) is 0 Å². The molecule has 0 saturated heterocycles. The standard InChI is InChI=1S/C10H12F5N3O/c1-5(7-4-16-18(3)6(7)2)17-8(19)9(11,12)10(13,14)15/h4-5H,1-3H3,(H,17,19). The average Bonchev–Trinajstić information content (AvgIpc) is 2.58. The number of rotatable bonds is 3. The Morgan fingerprint density at radius 2 is 1.89 bits per heavy atom. The first-order valence-corrected chi connectivity index (χ1v) is 5.22. The maximum absolute atomic E-state index is 12.7. The predicted octanol–water partition coefficient (Wildman–Crippen LogP) is 2.10. The van der Waals surface area contributed by atoms with Crippen LogP contribution in [0.4, 0.5) is 22.0 Å². The summed E-state index contributed by atoms with van der Waals surface area (Å²) in [6.07, 6.45) is -4.62. The van der Waals surface area contributed by atoms with Crippen molar-refractivity contribution in [3.63, 3.8) is 0 Å². The van der Waals surface area contributed by atoms with E-state index >= 15 is 0 Å². The Morgan fingerprint density at radius 1 is 1.37 bits per heavy atom. The predicted molar refractivity (Wildman–Crippen MR) is 55.5 cm³/mol. The van der Waals surface area contributed by atoms with Crippen molar-refractivity contribution in [3.05, 3.63) is 17.5 Å². The van der Waals surface area contributed by atoms with Gasteiger partial charge in [0.15, 0.2) is 0 Å². The third kappa shape index (κ3) is 2.85. The number of carbonyl (C=O) groups is 1. The summed E-state index contributed by atoms with van der Waals surface area (Å²) < 4.78 is 62.9. The molecule has 0 saturated carbocycles. The number of halogens is 5. The molecule has 0 spiro atoms. The van der Waals surface area contributed by atoms with E-state index < -0.39 is 24.0 Å². The number of amides is 1. The lowest BCUT2D eigenvalue weighted by Gasteiger charge is -2.21. The zero-order chi connectivity index (χ0) is 15.0. The molecular weight excluding hydrogens is 273 g/mol. The van der Waals surface area contributed by atoms with E-state index in [0.717, 1.165) is 0 Å². The summed E-state index contributed by atoms with van der Waals surface area (Å²) in [6.45, 7) is 2.90. The van der Waals surface area contributed by atoms with Gasteiger partial charge in [0.1, 0.15) is 0 Å². The average molecular weight is 285 g/mol. The van der Waals surface area contributed by atoms with E-state index in [1.807, 2.05) is 0 Å². The number of nitrogens with zero attached hydrogens (tertiary/aromatic N) is 2. The highest BCUT2D eigenvalue weighted by molar-refractivity contribution is 5.84. The number of nitrogens with one attached hydrogen (secondary N) is 1. The van der Waals surface area contributed by atoms with Crippen LogP contribution >= 0.6 is 0 Å². The first-order chi connectivity index (χ1) is 8.48. The van der Waals surface area contributed by atoms with Crippen LogP contribution in [0.25, 0.3) is 0 Å². The van der Waals surface area contributed by atoms with Crippen molar-refractivity contribution in [2.24, 2.45) is 7.05 Å². The summed E-state index contributed by atoms with van der Waals surface area (Å²) >= 11 is 0. The van der Waals surface area contributed by atoms with Gasteiger partial charge in [-0.25, -0.2) is 0 Å². The van der Waals surface area contributed by atoms with E-state index in [-0.39, 0.29) is 0 Å². The third-order valence-electron chi connectivity index (χ3n) is 2.73. The van der Waals surface area contributed by atoms with Crippen LogP contribution < -0.4 is 5.32 Å². The molecule has 1 amide bonds. The molecule has 1 atom stereocenters. The molecule has 4 nitrogen and oxygen atoms in total. The summed E-state index contributed by atoms with van der Waals surface area (Å²) in [7, 11) is 1.58. The number of aromatic nitrogens is 2. The normalized spacial score (nSPS) is 14.3. The van der Waals surface area contributed by atoms with Crippen LogP contribution in [0.2, 0.25) is 0 Å². The number of carbonyl (C=O) groups excluding carboxylic acids is 1. The van der Waals surface area contributed by atoms with Gasteiger partial charge < -0.3 is 5.32 Å². The second-order valence-electron chi connectivity index (χ2n) is 4.08. The Morgan fingerprint density at radius 3 is 2.26 bits per heavy atom. The Kier molecular flexibility index (Phi) is 3.87. The van der Waals surface area contributed by atoms with Crippen LogP contribution in [0.3, 0.4) is 0 Å². The highest BCUT2D eigenvalue weighted by atomic mass is 19.4. The van der Waals surface area contributed by atoms with Crippen molar-refractivity contribution >= 4 is 5.91 Å². The fourth-order valence-electron chi connectivity index (χ4n) is 1.43. The molecule has 108 valence electrons. The SMILES string of the molecule is Cc1c(C(C)NC(=O)C(F)(F)C(F)(F)F)cnn1C. The number of alkyl halides is 5. The molecule has 9 heteroatoms. The van der Waals surface area contributed by atoms with E-state index in [9.17, 15) is 26.7 Å². The summed E-state index contributed by atoms with van der Waals surface area (Å²) in [5.41, 5.74) is 0.928. The topological polar surface area (TPSA) is 46.9 Å². The van der Waals surface area contributed by atoms with E-state index in [2.05, 4.69) is 5.10 Å². The van der Waals surface area contributed by atoms with Crippen molar-refractivity contribution in [2.45, 2.75) is 32.0 Å². The summed E-state index contributed by atoms with van der Waals surface area (Å²) in [4.78, 5) is 11.0. The molecule has 19 heavy (non-hydrogen) atoms. The second-order valence-corrected chi connectivity index (χ2v) is 4.08. The van der Waals surface area contributed by atoms with Gasteiger partial charge in [0.05, 0.1) is 12.2 Å². The van der Waals surface area contributed by atoms with Gasteiger partial charge in [0.25, 0.3) is 0 Å². The molecule has 1 aromatic rings. The van der Waals surface area contributed by atoms with Gasteiger partial charge in [-0.1, -0.05) is 0 Å². The van der Waals surface area contributed by atoms with Gasteiger partial charge in [-0.2, -0.15) is 27.1 Å². The lowest BCUT2D eigenvalue weighted by atomic mass is 10.1. The Hall–Kier alpha value is -1.67. The van der Waals surface area contributed by atoms with Crippen molar-refractivity contribution in [2.75, 3.05) is 0 Å². The van der Waals surface area contributed by atoms with E-state index in [1.165, 1.54) is 17.8 Å². The Balaban J connectivity index is 2.86. The zero-order valence-corrected chi connectivity index (χ0v) is 10.3. The lowest BCUT2D eigenvalue weighted by molar-refractivity contribution is -0.270. The Labute approximate surface area is 105 Å². The highest BCUT2D eigenvalue weighted by Crippen LogP contribution is 2.36. The highest BCUT2D eigenvalue weighted by Gasteiger charge is 2.63. The minimum Gasteiger partial charge on any atom is -0.344 e. The molecule has 0 fully saturated rings. The van der Waals surface area contributed by atoms with E-state index in [4.69, 9.17) is 0 Å². The molecule has 1 unspecified atom stereocenters. The molecule has 0 aliphatic heterocycles. The summed E-state index contributed by atoms with van der Waals surface area (Å²) in [5.74, 6) is -7.80. The van der Waals surface area contributed by atoms with Crippen molar-refractivity contribution in [1.82, 2.24) is 15.1 Å². The minimum atomic E-state index is -5.92. The zero-order valence-electron chi connectivity index (χ0n) is 10.3. The first kappa shape index (κ1) is 15.4. The first-order valence-electron chi connectivity index (χ1n) is 5.22. The molecule has 1 rings (SSSR count). The van der Waals surface area contributed by atoms with E-state index in [1.54, 1.807) is 19.3 Å². The molecule has 1 aromatic heterocycles. The van der Waals surface area contributed by atoms with Crippen molar-refractivity contribution in [1.29, 1.82) is 0 Å². The van der Waals surface area contributed by atoms with Gasteiger partial charge in [-0.3, -0.25) is 9.48 Å². The largest absolute Gasteiger partial charge is 0.463 e. The molecule has 0 aliphatic carbocycles. The number of hydrogen-bond donors (Lipinski definition) is 1. The number of aryl methyl sites for hydroxylation is 1. The fourth-order valence-corrected chi connectivity index (χ4v) is 1.43. The monoisotopic (exact) mass is 285 g/mol. The van der Waals surface area contributed by atoms with Gasteiger partial charge in [-0.05, 0) is 13.8 Å². The van der Waals surface area contributed by atoms with Crippen molar-refractivity contribution in [3.8, 4) is 0 Å². The Bertz CT molecular complexity index is 480. The van der Waals surface area contributed by atoms with Crippen LogP contribution in [-0.4, -0.2) is 27.8 Å². The van der Waals surface area contributed by atoms with Gasteiger partial charge in [0, 0.05) is 18.3 Å². The molecule has 1 heterocycles. The molecule has 0 aliphatic rings. The lowest BCUT2D eigenvalue weighted by Crippen LogP contribution is -2.50. The van der Waals surface area contributed by atoms with E-state index in [0.29, 0.717) is 11.3 Å². The van der Waals surface area contributed by atoms with Gasteiger partial charge >= 0.3 is 18.0 Å². The fraction of sp³-hybridized carbons (Fsp3) is 0.600. The molecule has 1 N–H and O–H groups in total. The van der Waals surface area contributed by atoms with Crippen LogP contribution in [0, 0.1) is 6.92 Å². The smallest absolute Gasteiger partial charge is 0.344 e. The van der Waals surface area contributed by atoms with Gasteiger partial charge in [-0.15, -0.1) is 0 Å². The molecule has 0 radical (unpaired) electrons.